The van der Waals surface area contributed by atoms with Gasteiger partial charge in [-0.1, -0.05) is 43.9 Å². The summed E-state index contributed by atoms with van der Waals surface area (Å²) in [6.45, 7) is 0. The highest BCUT2D eigenvalue weighted by molar-refractivity contribution is 7.99. The van der Waals surface area contributed by atoms with Crippen LogP contribution in [0.2, 0.25) is 0 Å². The van der Waals surface area contributed by atoms with Crippen LogP contribution in [0, 0.1) is 5.92 Å². The minimum absolute atomic E-state index is 0.164. The molecule has 0 bridgehead atoms. The molecule has 6 nitrogen and oxygen atoms in total. The van der Waals surface area contributed by atoms with E-state index in [2.05, 4.69) is 15.3 Å². The number of aliphatic hydroxyl groups excluding tert-OH is 1. The molecule has 0 saturated heterocycles. The van der Waals surface area contributed by atoms with E-state index in [-0.39, 0.29) is 11.9 Å². The van der Waals surface area contributed by atoms with E-state index in [1.165, 1.54) is 43.9 Å². The highest BCUT2D eigenvalue weighted by Crippen LogP contribution is 2.28. The van der Waals surface area contributed by atoms with Crippen molar-refractivity contribution in [1.29, 1.82) is 0 Å². The van der Waals surface area contributed by atoms with Crippen LogP contribution < -0.4 is 11.1 Å². The third-order valence-corrected chi connectivity index (χ3v) is 6.58. The molecular weight excluding hydrogens is 380 g/mol. The van der Waals surface area contributed by atoms with Crippen molar-refractivity contribution < 1.29 is 9.90 Å². The van der Waals surface area contributed by atoms with Crippen molar-refractivity contribution in [3.05, 3.63) is 18.5 Å². The molecule has 27 heavy (non-hydrogen) atoms. The molecule has 0 aliphatic heterocycles. The second-order valence-electron chi connectivity index (χ2n) is 7.15. The summed E-state index contributed by atoms with van der Waals surface area (Å²) in [7, 11) is 0. The van der Waals surface area contributed by atoms with E-state index < -0.39 is 12.1 Å². The molecule has 3 atom stereocenters. The van der Waals surface area contributed by atoms with Crippen molar-refractivity contribution in [2.24, 2.45) is 11.7 Å². The van der Waals surface area contributed by atoms with Crippen molar-refractivity contribution >= 4 is 29.4 Å². The smallest absolute Gasteiger partial charge is 0.238 e. The van der Waals surface area contributed by atoms with Gasteiger partial charge in [0.2, 0.25) is 5.91 Å². The number of aromatic nitrogens is 2. The third kappa shape index (κ3) is 8.37. The van der Waals surface area contributed by atoms with Gasteiger partial charge in [-0.25, -0.2) is 9.97 Å². The van der Waals surface area contributed by atoms with Gasteiger partial charge in [0.15, 0.2) is 5.16 Å². The predicted molar refractivity (Wildman–Crippen MR) is 113 cm³/mol. The number of thioether (sulfide) groups is 2. The highest BCUT2D eigenvalue weighted by Gasteiger charge is 2.27. The van der Waals surface area contributed by atoms with E-state index in [9.17, 15) is 9.90 Å². The van der Waals surface area contributed by atoms with Gasteiger partial charge in [-0.3, -0.25) is 4.79 Å². The Morgan fingerprint density at radius 3 is 2.70 bits per heavy atom. The molecule has 1 heterocycles. The first-order valence-corrected chi connectivity index (χ1v) is 12.1. The van der Waals surface area contributed by atoms with Crippen LogP contribution in [0.5, 0.6) is 0 Å². The van der Waals surface area contributed by atoms with Gasteiger partial charge in [-0.2, -0.15) is 11.8 Å². The van der Waals surface area contributed by atoms with Gasteiger partial charge in [0.1, 0.15) is 0 Å². The number of hydrogen-bond donors (Lipinski definition) is 3. The van der Waals surface area contributed by atoms with Crippen LogP contribution in [0.4, 0.5) is 0 Å². The first kappa shape index (κ1) is 22.5. The minimum atomic E-state index is -0.589. The van der Waals surface area contributed by atoms with Crippen molar-refractivity contribution in [2.45, 2.75) is 68.3 Å². The molecule has 1 saturated carbocycles. The van der Waals surface area contributed by atoms with Gasteiger partial charge >= 0.3 is 0 Å². The molecule has 8 heteroatoms. The molecular formula is C19H32N4O2S2. The Morgan fingerprint density at radius 1 is 1.33 bits per heavy atom. The van der Waals surface area contributed by atoms with Gasteiger partial charge in [-0.05, 0) is 31.1 Å². The SMILES string of the molecule is CSC[C@H](N)C(=O)N[C@@H](CC1CCCCC1)[C@@H](O)CCSc1ncccn1. The van der Waals surface area contributed by atoms with Crippen molar-refractivity contribution in [2.75, 3.05) is 17.8 Å². The van der Waals surface area contributed by atoms with Crippen LogP contribution in [-0.2, 0) is 4.79 Å². The maximum atomic E-state index is 12.4. The molecule has 1 aliphatic carbocycles. The summed E-state index contributed by atoms with van der Waals surface area (Å²) >= 11 is 3.08. The van der Waals surface area contributed by atoms with Gasteiger partial charge in [-0.15, -0.1) is 0 Å². The van der Waals surface area contributed by atoms with E-state index >= 15 is 0 Å². The Morgan fingerprint density at radius 2 is 2.04 bits per heavy atom. The van der Waals surface area contributed by atoms with E-state index in [4.69, 9.17) is 5.73 Å². The molecule has 0 spiro atoms. The lowest BCUT2D eigenvalue weighted by Crippen LogP contribution is -2.51. The normalized spacial score (nSPS) is 18.6. The maximum absolute atomic E-state index is 12.4. The van der Waals surface area contributed by atoms with E-state index in [0.717, 1.165) is 6.42 Å². The number of nitrogens with one attached hydrogen (secondary N) is 1. The average molecular weight is 413 g/mol. The van der Waals surface area contributed by atoms with Crippen LogP contribution in [0.1, 0.15) is 44.9 Å². The highest BCUT2D eigenvalue weighted by atomic mass is 32.2. The number of nitrogens with zero attached hydrogens (tertiary/aromatic N) is 2. The standard InChI is InChI=1S/C19H32N4O2S2/c1-26-13-15(20)18(25)23-16(12-14-6-3-2-4-7-14)17(24)8-11-27-19-21-9-5-10-22-19/h5,9-10,14-17,24H,2-4,6-8,11-13,20H2,1H3,(H,23,25)/t15-,16-,17-/m0/s1. The Labute approximate surface area is 170 Å². The second kappa shape index (κ2) is 12.6. The summed E-state index contributed by atoms with van der Waals surface area (Å²) < 4.78 is 0. The third-order valence-electron chi connectivity index (χ3n) is 4.97. The number of nitrogens with two attached hydrogens (primary N) is 1. The molecule has 1 aromatic heterocycles. The number of hydrogen-bond acceptors (Lipinski definition) is 7. The fourth-order valence-electron chi connectivity index (χ4n) is 3.47. The summed E-state index contributed by atoms with van der Waals surface area (Å²) in [6, 6.07) is 1.01. The van der Waals surface area contributed by atoms with Crippen LogP contribution in [-0.4, -0.2) is 56.9 Å². The number of amides is 1. The van der Waals surface area contributed by atoms with Crippen LogP contribution in [0.3, 0.4) is 0 Å². The lowest BCUT2D eigenvalue weighted by Gasteiger charge is -2.31. The largest absolute Gasteiger partial charge is 0.391 e. The lowest BCUT2D eigenvalue weighted by atomic mass is 9.83. The number of aliphatic hydroxyl groups is 1. The monoisotopic (exact) mass is 412 g/mol. The summed E-state index contributed by atoms with van der Waals surface area (Å²) in [5.41, 5.74) is 5.95. The lowest BCUT2D eigenvalue weighted by molar-refractivity contribution is -0.123. The van der Waals surface area contributed by atoms with Gasteiger partial charge < -0.3 is 16.2 Å². The summed E-state index contributed by atoms with van der Waals surface area (Å²) in [5.74, 6) is 1.70. The van der Waals surface area contributed by atoms with Crippen molar-refractivity contribution in [3.8, 4) is 0 Å². The molecule has 0 unspecified atom stereocenters. The minimum Gasteiger partial charge on any atom is -0.391 e. The van der Waals surface area contributed by atoms with Gasteiger partial charge in [0.25, 0.3) is 0 Å². The predicted octanol–water partition coefficient (Wildman–Crippen LogP) is 2.47. The summed E-state index contributed by atoms with van der Waals surface area (Å²) in [6.07, 6.45) is 12.3. The second-order valence-corrected chi connectivity index (χ2v) is 9.13. The molecule has 4 N–H and O–H groups in total. The van der Waals surface area contributed by atoms with E-state index in [1.807, 2.05) is 6.26 Å². The number of carbonyl (C=O) groups is 1. The summed E-state index contributed by atoms with van der Waals surface area (Å²) in [4.78, 5) is 20.8. The molecule has 0 aromatic carbocycles. The van der Waals surface area contributed by atoms with Crippen molar-refractivity contribution in [1.82, 2.24) is 15.3 Å². The fraction of sp³-hybridized carbons (Fsp3) is 0.737. The molecule has 0 radical (unpaired) electrons. The maximum Gasteiger partial charge on any atom is 0.238 e. The van der Waals surface area contributed by atoms with Crippen LogP contribution in [0.15, 0.2) is 23.6 Å². The Kier molecular flexibility index (Phi) is 10.5. The first-order valence-electron chi connectivity index (χ1n) is 9.73. The Bertz CT molecular complexity index is 544. The molecule has 1 fully saturated rings. The van der Waals surface area contributed by atoms with Crippen molar-refractivity contribution in [3.63, 3.8) is 0 Å². The zero-order valence-electron chi connectivity index (χ0n) is 16.0. The number of carbonyl (C=O) groups excluding carboxylic acids is 1. The molecule has 1 amide bonds. The topological polar surface area (TPSA) is 101 Å². The van der Waals surface area contributed by atoms with E-state index in [0.29, 0.717) is 29.0 Å². The zero-order chi connectivity index (χ0) is 19.5. The fourth-order valence-corrected chi connectivity index (χ4v) is 4.79. The summed E-state index contributed by atoms with van der Waals surface area (Å²) in [5, 5.41) is 14.5. The molecule has 1 aromatic rings. The molecule has 2 rings (SSSR count). The van der Waals surface area contributed by atoms with Crippen LogP contribution >= 0.6 is 23.5 Å². The van der Waals surface area contributed by atoms with E-state index in [1.54, 1.807) is 30.2 Å². The average Bonchev–Trinajstić information content (AvgIpc) is 2.69. The quantitative estimate of drug-likeness (QED) is 0.379. The number of rotatable bonds is 11. The zero-order valence-corrected chi connectivity index (χ0v) is 17.7. The molecule has 1 aliphatic rings. The Hall–Kier alpha value is -0.830. The van der Waals surface area contributed by atoms with Gasteiger partial charge in [0.05, 0.1) is 18.2 Å². The molecule has 152 valence electrons. The Balaban J connectivity index is 1.88. The first-order chi connectivity index (χ1) is 13.1. The van der Waals surface area contributed by atoms with Crippen LogP contribution in [0.25, 0.3) is 0 Å². The van der Waals surface area contributed by atoms with Gasteiger partial charge in [0, 0.05) is 23.9 Å².